The predicted molar refractivity (Wildman–Crippen MR) is 104 cm³/mol. The molecular formula is C21H17NO3S. The molecule has 5 heteroatoms. The van der Waals surface area contributed by atoms with Gasteiger partial charge in [-0.05, 0) is 36.4 Å². The van der Waals surface area contributed by atoms with Crippen molar-refractivity contribution < 1.29 is 14.6 Å². The topological polar surface area (TPSA) is 58.9 Å². The largest absolute Gasteiger partial charge is 0.506 e. The Balaban J connectivity index is 1.81. The fourth-order valence-corrected chi connectivity index (χ4v) is 3.22. The highest BCUT2D eigenvalue weighted by Crippen LogP contribution is 2.34. The second-order valence-corrected chi connectivity index (χ2v) is 6.55. The van der Waals surface area contributed by atoms with Crippen LogP contribution in [-0.2, 0) is 4.74 Å². The lowest BCUT2D eigenvalue weighted by atomic mass is 10.1. The maximum Gasteiger partial charge on any atom is 0.338 e. The summed E-state index contributed by atoms with van der Waals surface area (Å²) in [6.07, 6.45) is 1.55. The summed E-state index contributed by atoms with van der Waals surface area (Å²) in [4.78, 5) is 18.1. The molecule has 0 aromatic heterocycles. The van der Waals surface area contributed by atoms with Crippen LogP contribution in [0, 0.1) is 0 Å². The van der Waals surface area contributed by atoms with E-state index in [1.54, 1.807) is 48.3 Å². The van der Waals surface area contributed by atoms with Crippen molar-refractivity contribution >= 4 is 29.6 Å². The lowest BCUT2D eigenvalue weighted by Gasteiger charge is -2.05. The van der Waals surface area contributed by atoms with Crippen molar-refractivity contribution in [2.45, 2.75) is 9.79 Å². The summed E-state index contributed by atoms with van der Waals surface area (Å²) in [7, 11) is 1.34. The van der Waals surface area contributed by atoms with Crippen molar-refractivity contribution in [3.8, 4) is 5.75 Å². The van der Waals surface area contributed by atoms with Gasteiger partial charge >= 0.3 is 5.97 Å². The van der Waals surface area contributed by atoms with E-state index in [1.807, 2.05) is 42.5 Å². The van der Waals surface area contributed by atoms with Gasteiger partial charge in [0.2, 0.25) is 0 Å². The highest BCUT2D eigenvalue weighted by molar-refractivity contribution is 7.99. The summed E-state index contributed by atoms with van der Waals surface area (Å²) in [5.74, 6) is -0.344. The first-order valence-electron chi connectivity index (χ1n) is 7.94. The molecule has 3 aromatic rings. The standard InChI is InChI=1S/C21H17NO3S/c1-25-21(24)18-10-6-5-7-15(18)14-22-19-12-11-17(13-20(19)23)26-16-8-3-2-4-9-16/h2-14,23H,1H3. The maximum atomic E-state index is 11.8. The number of nitrogens with zero attached hydrogens (tertiary/aromatic N) is 1. The van der Waals surface area contributed by atoms with Gasteiger partial charge in [-0.25, -0.2) is 4.79 Å². The van der Waals surface area contributed by atoms with Crippen LogP contribution < -0.4 is 0 Å². The third-order valence-corrected chi connectivity index (χ3v) is 4.63. The summed E-state index contributed by atoms with van der Waals surface area (Å²) in [5, 5.41) is 10.3. The van der Waals surface area contributed by atoms with Crippen molar-refractivity contribution in [1.82, 2.24) is 0 Å². The number of aromatic hydroxyl groups is 1. The SMILES string of the molecule is COC(=O)c1ccccc1C=Nc1ccc(Sc2ccccc2)cc1O. The number of phenolic OH excluding ortho intramolecular Hbond substituents is 1. The molecule has 0 fully saturated rings. The number of rotatable bonds is 5. The zero-order chi connectivity index (χ0) is 18.4. The van der Waals surface area contributed by atoms with Crippen LogP contribution in [0.4, 0.5) is 5.69 Å². The number of benzene rings is 3. The molecule has 1 N–H and O–H groups in total. The lowest BCUT2D eigenvalue weighted by Crippen LogP contribution is -2.04. The fourth-order valence-electron chi connectivity index (χ4n) is 2.35. The third kappa shape index (κ3) is 4.32. The number of methoxy groups -OCH3 is 1. The molecule has 3 aromatic carbocycles. The Labute approximate surface area is 156 Å². The Morgan fingerprint density at radius 3 is 2.46 bits per heavy atom. The fraction of sp³-hybridized carbons (Fsp3) is 0.0476. The quantitative estimate of drug-likeness (QED) is 0.507. The highest BCUT2D eigenvalue weighted by Gasteiger charge is 2.09. The number of aliphatic imine (C=N–C) groups is 1. The summed E-state index contributed by atoms with van der Waals surface area (Å²) < 4.78 is 4.77. The molecule has 0 unspecified atom stereocenters. The Morgan fingerprint density at radius 2 is 1.73 bits per heavy atom. The molecule has 3 rings (SSSR count). The summed E-state index contributed by atoms with van der Waals surface area (Å²) in [6, 6.07) is 22.3. The molecule has 0 radical (unpaired) electrons. The van der Waals surface area contributed by atoms with Gasteiger partial charge in [0.1, 0.15) is 11.4 Å². The number of hydrogen-bond acceptors (Lipinski definition) is 5. The van der Waals surface area contributed by atoms with Crippen LogP contribution in [0.5, 0.6) is 5.75 Å². The van der Waals surface area contributed by atoms with E-state index in [4.69, 9.17) is 4.74 Å². The third-order valence-electron chi connectivity index (χ3n) is 3.63. The first-order valence-corrected chi connectivity index (χ1v) is 8.76. The number of ether oxygens (including phenoxy) is 1. The summed E-state index contributed by atoms with van der Waals surface area (Å²) in [6.45, 7) is 0. The molecule has 0 heterocycles. The molecule has 0 aliphatic carbocycles. The maximum absolute atomic E-state index is 11.8. The summed E-state index contributed by atoms with van der Waals surface area (Å²) in [5.41, 5.74) is 1.48. The van der Waals surface area contributed by atoms with Crippen molar-refractivity contribution in [3.63, 3.8) is 0 Å². The molecule has 0 saturated heterocycles. The van der Waals surface area contributed by atoms with E-state index >= 15 is 0 Å². The summed E-state index contributed by atoms with van der Waals surface area (Å²) >= 11 is 1.56. The molecule has 130 valence electrons. The minimum absolute atomic E-state index is 0.0812. The molecule has 0 atom stereocenters. The van der Waals surface area contributed by atoms with E-state index in [1.165, 1.54) is 7.11 Å². The molecule has 0 saturated carbocycles. The number of carbonyl (C=O) groups is 1. The van der Waals surface area contributed by atoms with Gasteiger partial charge in [0.05, 0.1) is 12.7 Å². The minimum Gasteiger partial charge on any atom is -0.506 e. The van der Waals surface area contributed by atoms with Crippen LogP contribution in [0.2, 0.25) is 0 Å². The van der Waals surface area contributed by atoms with E-state index in [-0.39, 0.29) is 5.75 Å². The molecule has 0 bridgehead atoms. The van der Waals surface area contributed by atoms with Gasteiger partial charge in [-0.3, -0.25) is 4.99 Å². The molecule has 0 spiro atoms. The van der Waals surface area contributed by atoms with Gasteiger partial charge in [-0.1, -0.05) is 48.2 Å². The Hall–Kier alpha value is -3.05. The van der Waals surface area contributed by atoms with Crippen molar-refractivity contribution in [2.24, 2.45) is 4.99 Å². The van der Waals surface area contributed by atoms with E-state index in [0.29, 0.717) is 16.8 Å². The number of esters is 1. The number of hydrogen-bond donors (Lipinski definition) is 1. The average Bonchev–Trinajstić information content (AvgIpc) is 2.68. The average molecular weight is 363 g/mol. The Morgan fingerprint density at radius 1 is 1.00 bits per heavy atom. The van der Waals surface area contributed by atoms with Gasteiger partial charge in [-0.15, -0.1) is 0 Å². The van der Waals surface area contributed by atoms with Crippen LogP contribution in [0.1, 0.15) is 15.9 Å². The first kappa shape index (κ1) is 17.8. The van der Waals surface area contributed by atoms with E-state index in [9.17, 15) is 9.90 Å². The smallest absolute Gasteiger partial charge is 0.338 e. The second kappa shape index (κ2) is 8.36. The van der Waals surface area contributed by atoms with Gasteiger partial charge in [0.25, 0.3) is 0 Å². The van der Waals surface area contributed by atoms with Crippen LogP contribution in [0.15, 0.2) is 87.6 Å². The van der Waals surface area contributed by atoms with Crippen molar-refractivity contribution in [2.75, 3.05) is 7.11 Å². The first-order chi connectivity index (χ1) is 12.7. The Bertz CT molecular complexity index is 939. The monoisotopic (exact) mass is 363 g/mol. The Kier molecular flexibility index (Phi) is 5.71. The van der Waals surface area contributed by atoms with Crippen LogP contribution in [0.3, 0.4) is 0 Å². The van der Waals surface area contributed by atoms with Crippen LogP contribution in [0.25, 0.3) is 0 Å². The second-order valence-electron chi connectivity index (χ2n) is 5.40. The van der Waals surface area contributed by atoms with Gasteiger partial charge < -0.3 is 9.84 Å². The predicted octanol–water partition coefficient (Wildman–Crippen LogP) is 5.08. The zero-order valence-corrected chi connectivity index (χ0v) is 14.9. The van der Waals surface area contributed by atoms with Gasteiger partial charge in [0, 0.05) is 21.6 Å². The van der Waals surface area contributed by atoms with E-state index in [0.717, 1.165) is 9.79 Å². The van der Waals surface area contributed by atoms with E-state index < -0.39 is 5.97 Å². The molecular weight excluding hydrogens is 346 g/mol. The van der Waals surface area contributed by atoms with Crippen molar-refractivity contribution in [1.29, 1.82) is 0 Å². The number of carbonyl (C=O) groups excluding carboxylic acids is 1. The lowest BCUT2D eigenvalue weighted by molar-refractivity contribution is 0.0600. The van der Waals surface area contributed by atoms with E-state index in [2.05, 4.69) is 4.99 Å². The minimum atomic E-state index is -0.425. The van der Waals surface area contributed by atoms with Crippen molar-refractivity contribution in [3.05, 3.63) is 83.9 Å². The number of phenols is 1. The molecule has 26 heavy (non-hydrogen) atoms. The molecule has 4 nitrogen and oxygen atoms in total. The van der Waals surface area contributed by atoms with Crippen LogP contribution in [-0.4, -0.2) is 24.4 Å². The molecule has 0 aliphatic heterocycles. The highest BCUT2D eigenvalue weighted by atomic mass is 32.2. The normalized spacial score (nSPS) is 10.8. The molecule has 0 aliphatic rings. The molecule has 0 amide bonds. The van der Waals surface area contributed by atoms with Crippen LogP contribution >= 0.6 is 11.8 Å². The van der Waals surface area contributed by atoms with Gasteiger partial charge in [-0.2, -0.15) is 0 Å². The zero-order valence-electron chi connectivity index (χ0n) is 14.1. The van der Waals surface area contributed by atoms with Gasteiger partial charge in [0.15, 0.2) is 0 Å².